The van der Waals surface area contributed by atoms with Crippen LogP contribution in [0.5, 0.6) is 0 Å². The van der Waals surface area contributed by atoms with Gasteiger partial charge in [-0.3, -0.25) is 0 Å². The third-order valence-corrected chi connectivity index (χ3v) is 5.64. The molecule has 2 aromatic carbocycles. The number of nitrogens with zero attached hydrogens (tertiary/aromatic N) is 1. The lowest BCUT2D eigenvalue weighted by atomic mass is 10.1. The van der Waals surface area contributed by atoms with Crippen LogP contribution in [0.1, 0.15) is 11.1 Å². The van der Waals surface area contributed by atoms with Gasteiger partial charge in [0.05, 0.1) is 0 Å². The fourth-order valence-electron chi connectivity index (χ4n) is 2.30. The van der Waals surface area contributed by atoms with Crippen molar-refractivity contribution < 1.29 is 12.8 Å². The number of sulfonamides is 1. The number of hydrogen-bond acceptors (Lipinski definition) is 2. The predicted octanol–water partition coefficient (Wildman–Crippen LogP) is 3.29. The predicted molar refractivity (Wildman–Crippen MR) is 77.0 cm³/mol. The zero-order valence-corrected chi connectivity index (χ0v) is 12.8. The first kappa shape index (κ1) is 13.7. The lowest BCUT2D eigenvalue weighted by Gasteiger charge is -2.16. The summed E-state index contributed by atoms with van der Waals surface area (Å²) in [7, 11) is -3.82. The Balaban J connectivity index is 1.99. The molecule has 0 N–H and O–H groups in total. The van der Waals surface area contributed by atoms with Gasteiger partial charge >= 0.3 is 0 Å². The van der Waals surface area contributed by atoms with Crippen molar-refractivity contribution in [2.24, 2.45) is 0 Å². The molecule has 104 valence electrons. The monoisotopic (exact) mass is 355 g/mol. The molecule has 1 aliphatic heterocycles. The molecule has 20 heavy (non-hydrogen) atoms. The van der Waals surface area contributed by atoms with Gasteiger partial charge in [-0.2, -0.15) is 4.31 Å². The Bertz CT molecular complexity index is 751. The smallest absolute Gasteiger partial charge is 0.207 e. The standard InChI is InChI=1S/C14H11BrFNO2S/c15-12-5-6-14(13(16)7-12)20(18,19)17-8-10-3-1-2-4-11(10)9-17/h1-7H,8-9H2. The molecule has 0 unspecified atom stereocenters. The van der Waals surface area contributed by atoms with Gasteiger partial charge in [-0.15, -0.1) is 0 Å². The van der Waals surface area contributed by atoms with Gasteiger partial charge in [-0.25, -0.2) is 12.8 Å². The Hall–Kier alpha value is -1.24. The second kappa shape index (κ2) is 4.95. The van der Waals surface area contributed by atoms with E-state index in [-0.39, 0.29) is 18.0 Å². The minimum atomic E-state index is -3.82. The molecule has 0 aromatic heterocycles. The molecular weight excluding hydrogens is 345 g/mol. The quantitative estimate of drug-likeness (QED) is 0.828. The van der Waals surface area contributed by atoms with Crippen molar-refractivity contribution >= 4 is 26.0 Å². The molecule has 0 saturated heterocycles. The minimum absolute atomic E-state index is 0.284. The molecule has 0 amide bonds. The zero-order valence-electron chi connectivity index (χ0n) is 10.4. The van der Waals surface area contributed by atoms with E-state index in [0.717, 1.165) is 17.2 Å². The van der Waals surface area contributed by atoms with Gasteiger partial charge in [0.2, 0.25) is 10.0 Å². The first-order valence-corrected chi connectivity index (χ1v) is 8.24. The highest BCUT2D eigenvalue weighted by Crippen LogP contribution is 2.30. The summed E-state index contributed by atoms with van der Waals surface area (Å²) >= 11 is 3.12. The number of fused-ring (bicyclic) bond motifs is 1. The normalized spacial score (nSPS) is 15.3. The fourth-order valence-corrected chi connectivity index (χ4v) is 4.07. The molecule has 1 heterocycles. The Labute approximate surface area is 125 Å². The van der Waals surface area contributed by atoms with Crippen LogP contribution in [0.25, 0.3) is 0 Å². The molecule has 0 bridgehead atoms. The van der Waals surface area contributed by atoms with Crippen LogP contribution < -0.4 is 0 Å². The van der Waals surface area contributed by atoms with Crippen molar-refractivity contribution in [3.05, 3.63) is 63.9 Å². The van der Waals surface area contributed by atoms with Crippen LogP contribution in [0.15, 0.2) is 51.8 Å². The van der Waals surface area contributed by atoms with E-state index in [1.54, 1.807) is 0 Å². The Morgan fingerprint density at radius 3 is 2.20 bits per heavy atom. The number of halogens is 2. The molecule has 6 heteroatoms. The maximum Gasteiger partial charge on any atom is 0.246 e. The highest BCUT2D eigenvalue weighted by atomic mass is 79.9. The van der Waals surface area contributed by atoms with Crippen LogP contribution in [0.2, 0.25) is 0 Å². The third-order valence-electron chi connectivity index (χ3n) is 3.32. The average Bonchev–Trinajstić information content (AvgIpc) is 2.82. The lowest BCUT2D eigenvalue weighted by molar-refractivity contribution is 0.427. The van der Waals surface area contributed by atoms with Crippen molar-refractivity contribution in [1.82, 2.24) is 4.31 Å². The molecule has 0 atom stereocenters. The zero-order chi connectivity index (χ0) is 14.3. The molecule has 1 aliphatic rings. The van der Waals surface area contributed by atoms with Crippen LogP contribution in [0.4, 0.5) is 4.39 Å². The molecule has 2 aromatic rings. The van der Waals surface area contributed by atoms with Gasteiger partial charge in [-0.05, 0) is 29.3 Å². The molecule has 0 spiro atoms. The minimum Gasteiger partial charge on any atom is -0.207 e. The van der Waals surface area contributed by atoms with Crippen LogP contribution in [0.3, 0.4) is 0 Å². The maximum atomic E-state index is 13.9. The van der Waals surface area contributed by atoms with Gasteiger partial charge in [0, 0.05) is 17.6 Å². The molecular formula is C14H11BrFNO2S. The van der Waals surface area contributed by atoms with E-state index < -0.39 is 15.8 Å². The number of rotatable bonds is 2. The Kier molecular flexibility index (Phi) is 3.40. The van der Waals surface area contributed by atoms with Crippen molar-refractivity contribution in [2.45, 2.75) is 18.0 Å². The molecule has 0 aliphatic carbocycles. The van der Waals surface area contributed by atoms with Crippen LogP contribution in [-0.4, -0.2) is 12.7 Å². The van der Waals surface area contributed by atoms with E-state index in [1.165, 1.54) is 16.4 Å². The Morgan fingerprint density at radius 1 is 1.05 bits per heavy atom. The van der Waals surface area contributed by atoms with Crippen molar-refractivity contribution in [3.63, 3.8) is 0 Å². The van der Waals surface area contributed by atoms with Crippen molar-refractivity contribution in [1.29, 1.82) is 0 Å². The van der Waals surface area contributed by atoms with Crippen molar-refractivity contribution in [3.8, 4) is 0 Å². The summed E-state index contributed by atoms with van der Waals surface area (Å²) in [5.74, 6) is -0.740. The average molecular weight is 356 g/mol. The summed E-state index contributed by atoms with van der Waals surface area (Å²) in [6, 6.07) is 11.5. The lowest BCUT2D eigenvalue weighted by Crippen LogP contribution is -2.26. The third kappa shape index (κ3) is 2.28. The van der Waals surface area contributed by atoms with Gasteiger partial charge < -0.3 is 0 Å². The van der Waals surface area contributed by atoms with E-state index in [2.05, 4.69) is 15.9 Å². The molecule has 0 fully saturated rings. The van der Waals surface area contributed by atoms with Crippen LogP contribution in [-0.2, 0) is 23.1 Å². The van der Waals surface area contributed by atoms with E-state index in [9.17, 15) is 12.8 Å². The first-order chi connectivity index (χ1) is 9.48. The number of hydrogen-bond donors (Lipinski definition) is 0. The first-order valence-electron chi connectivity index (χ1n) is 6.00. The fraction of sp³-hybridized carbons (Fsp3) is 0.143. The SMILES string of the molecule is O=S(=O)(c1ccc(Br)cc1F)N1Cc2ccccc2C1. The summed E-state index contributed by atoms with van der Waals surface area (Å²) in [6.07, 6.45) is 0. The van der Waals surface area contributed by atoms with E-state index >= 15 is 0 Å². The Morgan fingerprint density at radius 2 is 1.65 bits per heavy atom. The second-order valence-corrected chi connectivity index (χ2v) is 7.44. The summed E-state index contributed by atoms with van der Waals surface area (Å²) in [4.78, 5) is -0.284. The van der Waals surface area contributed by atoms with E-state index in [4.69, 9.17) is 0 Å². The van der Waals surface area contributed by atoms with Crippen molar-refractivity contribution in [2.75, 3.05) is 0 Å². The molecule has 3 nitrogen and oxygen atoms in total. The van der Waals surface area contributed by atoms with Gasteiger partial charge in [0.15, 0.2) is 0 Å². The number of benzene rings is 2. The highest BCUT2D eigenvalue weighted by Gasteiger charge is 2.32. The summed E-state index contributed by atoms with van der Waals surface area (Å²) < 4.78 is 40.7. The molecule has 3 rings (SSSR count). The van der Waals surface area contributed by atoms with E-state index in [0.29, 0.717) is 4.47 Å². The second-order valence-electron chi connectivity index (χ2n) is 4.62. The van der Waals surface area contributed by atoms with Crippen LogP contribution >= 0.6 is 15.9 Å². The highest BCUT2D eigenvalue weighted by molar-refractivity contribution is 9.10. The van der Waals surface area contributed by atoms with Gasteiger partial charge in [0.25, 0.3) is 0 Å². The summed E-state index contributed by atoms with van der Waals surface area (Å²) in [5, 5.41) is 0. The largest absolute Gasteiger partial charge is 0.246 e. The summed E-state index contributed by atoms with van der Waals surface area (Å²) in [6.45, 7) is 0.571. The molecule has 0 radical (unpaired) electrons. The van der Waals surface area contributed by atoms with Gasteiger partial charge in [-0.1, -0.05) is 40.2 Å². The maximum absolute atomic E-state index is 13.9. The topological polar surface area (TPSA) is 37.4 Å². The van der Waals surface area contributed by atoms with Gasteiger partial charge in [0.1, 0.15) is 10.7 Å². The van der Waals surface area contributed by atoms with Crippen LogP contribution in [0, 0.1) is 5.82 Å². The summed E-state index contributed by atoms with van der Waals surface area (Å²) in [5.41, 5.74) is 1.93. The van der Waals surface area contributed by atoms with E-state index in [1.807, 2.05) is 24.3 Å². The molecule has 0 saturated carbocycles.